The summed E-state index contributed by atoms with van der Waals surface area (Å²) in [6.45, 7) is 4.04. The van der Waals surface area contributed by atoms with E-state index < -0.39 is 0 Å². The Morgan fingerprint density at radius 1 is 1.15 bits per heavy atom. The van der Waals surface area contributed by atoms with Crippen molar-refractivity contribution in [2.75, 3.05) is 13.1 Å². The van der Waals surface area contributed by atoms with Crippen LogP contribution < -0.4 is 0 Å². The van der Waals surface area contributed by atoms with Crippen molar-refractivity contribution < 1.29 is 17.1 Å². The minimum Gasteiger partial charge on any atom is -0.315 e. The molecule has 0 bridgehead atoms. The van der Waals surface area contributed by atoms with Gasteiger partial charge < -0.3 is 4.90 Å². The molecule has 0 aromatic carbocycles. The van der Waals surface area contributed by atoms with E-state index >= 15 is 0 Å². The Morgan fingerprint density at radius 2 is 1.85 bits per heavy atom. The van der Waals surface area contributed by atoms with Gasteiger partial charge in [-0.2, -0.15) is 0 Å². The number of hydrogen-bond donors (Lipinski definition) is 0. The Kier molecular flexibility index (Phi) is 7.88. The van der Waals surface area contributed by atoms with Gasteiger partial charge in [0.1, 0.15) is 0 Å². The molecule has 0 saturated carbocycles. The van der Waals surface area contributed by atoms with Gasteiger partial charge in [0.15, 0.2) is 0 Å². The largest absolute Gasteiger partial charge is 2.00 e. The van der Waals surface area contributed by atoms with Crippen molar-refractivity contribution in [3.63, 3.8) is 0 Å². The number of likely N-dealkylation sites (tertiary alicyclic amines) is 1. The molecule has 0 atom stereocenters. The first-order valence-electron chi connectivity index (χ1n) is 6.77. The molecule has 1 saturated heterocycles. The van der Waals surface area contributed by atoms with Gasteiger partial charge >= 0.3 is 22.2 Å². The first-order valence-corrected chi connectivity index (χ1v) is 7.27. The first-order chi connectivity index (χ1) is 9.27. The van der Waals surface area contributed by atoms with Gasteiger partial charge in [-0.3, -0.25) is 4.98 Å². The number of hydrogen-bond acceptors (Lipinski definition) is 3. The minimum absolute atomic E-state index is 0. The third-order valence-corrected chi connectivity index (χ3v) is 3.65. The third-order valence-electron chi connectivity index (χ3n) is 3.24. The maximum atomic E-state index is 4.27. The molecule has 0 N–H and O–H groups in total. The van der Waals surface area contributed by atoms with E-state index in [9.17, 15) is 0 Å². The van der Waals surface area contributed by atoms with Crippen LogP contribution in [0.1, 0.15) is 38.3 Å². The van der Waals surface area contributed by atoms with Gasteiger partial charge in [0.05, 0.1) is 11.4 Å². The summed E-state index contributed by atoms with van der Waals surface area (Å²) in [5.41, 5.74) is 1.69. The van der Waals surface area contributed by atoms with E-state index in [1.165, 1.54) is 25.7 Å². The molecule has 1 aliphatic rings. The van der Waals surface area contributed by atoms with Crippen LogP contribution in [0.5, 0.6) is 0 Å². The molecule has 1 fully saturated rings. The zero-order valence-electron chi connectivity index (χ0n) is 11.6. The van der Waals surface area contributed by atoms with Crippen LogP contribution in [-0.2, 0) is 29.7 Å². The summed E-state index contributed by atoms with van der Waals surface area (Å²) in [4.78, 5) is 6.50. The molecular formula is C14H21CuN4S+3. The van der Waals surface area contributed by atoms with E-state index in [1.807, 2.05) is 25.1 Å². The Morgan fingerprint density at radius 3 is 2.45 bits per heavy atom. The second kappa shape index (κ2) is 9.16. The van der Waals surface area contributed by atoms with E-state index in [0.717, 1.165) is 29.7 Å². The molecule has 0 unspecified atom stereocenters. The summed E-state index contributed by atoms with van der Waals surface area (Å²) in [7, 11) is 0. The molecule has 6 heteroatoms. The number of rotatable bonds is 2. The molecule has 0 aliphatic carbocycles. The van der Waals surface area contributed by atoms with Crippen molar-refractivity contribution >= 4 is 23.5 Å². The second-order valence-corrected chi connectivity index (χ2v) is 5.17. The summed E-state index contributed by atoms with van der Waals surface area (Å²) in [6, 6.07) is 5.79. The number of pyridine rings is 1. The van der Waals surface area contributed by atoms with Crippen LogP contribution in [0.25, 0.3) is 0 Å². The fourth-order valence-electron chi connectivity index (χ4n) is 2.10. The SMILES string of the molecule is CC(=NN=C([SH2+])N1CCCCCC1)c1ccccn1.[Cu+2]. The topological polar surface area (TPSA) is 40.9 Å². The van der Waals surface area contributed by atoms with Crippen LogP contribution in [-0.4, -0.2) is 33.9 Å². The van der Waals surface area contributed by atoms with Gasteiger partial charge in [0, 0.05) is 31.9 Å². The normalized spacial score (nSPS) is 17.4. The molecule has 0 spiro atoms. The van der Waals surface area contributed by atoms with Crippen molar-refractivity contribution in [2.45, 2.75) is 32.6 Å². The molecule has 111 valence electrons. The van der Waals surface area contributed by atoms with Crippen molar-refractivity contribution in [1.82, 2.24) is 9.88 Å². The quantitative estimate of drug-likeness (QED) is 0.272. The van der Waals surface area contributed by atoms with E-state index in [-0.39, 0.29) is 17.1 Å². The molecule has 2 heterocycles. The third kappa shape index (κ3) is 5.27. The Bertz CT molecular complexity index is 454. The maximum Gasteiger partial charge on any atom is 2.00 e. The van der Waals surface area contributed by atoms with Crippen LogP contribution >= 0.6 is 0 Å². The van der Waals surface area contributed by atoms with Gasteiger partial charge in [0.25, 0.3) is 0 Å². The predicted octanol–water partition coefficient (Wildman–Crippen LogP) is 2.05. The zero-order valence-corrected chi connectivity index (χ0v) is 13.6. The fraction of sp³-hybridized carbons (Fsp3) is 0.500. The number of nitrogens with zero attached hydrogens (tertiary/aromatic N) is 4. The predicted molar refractivity (Wildman–Crippen MR) is 84.1 cm³/mol. The average Bonchev–Trinajstić information content (AvgIpc) is 2.74. The Labute approximate surface area is 136 Å². The first kappa shape index (κ1) is 17.2. The molecule has 1 aromatic heterocycles. The van der Waals surface area contributed by atoms with Gasteiger partial charge in [-0.25, -0.2) is 0 Å². The number of aromatic nitrogens is 1. The molecule has 1 radical (unpaired) electrons. The molecule has 20 heavy (non-hydrogen) atoms. The van der Waals surface area contributed by atoms with Gasteiger partial charge in [-0.05, 0) is 31.9 Å². The van der Waals surface area contributed by atoms with Crippen LogP contribution in [0, 0.1) is 0 Å². The van der Waals surface area contributed by atoms with Crippen LogP contribution in [0.15, 0.2) is 34.6 Å². The van der Waals surface area contributed by atoms with E-state index in [2.05, 4.69) is 32.7 Å². The Balaban J connectivity index is 0.00000200. The molecule has 4 nitrogen and oxygen atoms in total. The van der Waals surface area contributed by atoms with Crippen molar-refractivity contribution in [1.29, 1.82) is 0 Å². The smallest absolute Gasteiger partial charge is 0.315 e. The summed E-state index contributed by atoms with van der Waals surface area (Å²) in [6.07, 6.45) is 6.85. The van der Waals surface area contributed by atoms with Crippen molar-refractivity contribution in [3.05, 3.63) is 30.1 Å². The summed E-state index contributed by atoms with van der Waals surface area (Å²) < 4.78 is 0. The van der Waals surface area contributed by atoms with Crippen LogP contribution in [0.4, 0.5) is 0 Å². The van der Waals surface area contributed by atoms with E-state index in [0.29, 0.717) is 0 Å². The van der Waals surface area contributed by atoms with E-state index in [1.54, 1.807) is 6.20 Å². The summed E-state index contributed by atoms with van der Waals surface area (Å²) >= 11 is 3.58. The average molecular weight is 341 g/mol. The maximum absolute atomic E-state index is 4.27. The van der Waals surface area contributed by atoms with E-state index in [4.69, 9.17) is 0 Å². The van der Waals surface area contributed by atoms with Crippen LogP contribution in [0.2, 0.25) is 0 Å². The second-order valence-electron chi connectivity index (χ2n) is 4.73. The minimum atomic E-state index is 0. The fourth-order valence-corrected chi connectivity index (χ4v) is 2.37. The molecule has 1 aromatic rings. The van der Waals surface area contributed by atoms with Gasteiger partial charge in [0.2, 0.25) is 0 Å². The zero-order chi connectivity index (χ0) is 13.5. The molecule has 0 amide bonds. The van der Waals surface area contributed by atoms with Gasteiger partial charge in [-0.1, -0.05) is 24.0 Å². The standard InChI is InChI=1S/C14H20N4S.Cu/c1-12(13-8-4-5-9-15-13)16-17-14(19)18-10-6-2-3-7-11-18;/h4-5,8-9H,2-3,6-7,10-11H2,1H3,(H,17,19);/q;+2/p+1. The van der Waals surface area contributed by atoms with Gasteiger partial charge in [-0.15, -0.1) is 5.10 Å². The Hall–Kier alpha value is -0.841. The molecule has 2 rings (SSSR count). The number of amidine groups is 1. The summed E-state index contributed by atoms with van der Waals surface area (Å²) in [5, 5.41) is 9.34. The molecular weight excluding hydrogens is 320 g/mol. The van der Waals surface area contributed by atoms with Crippen molar-refractivity contribution in [2.24, 2.45) is 10.2 Å². The van der Waals surface area contributed by atoms with Crippen molar-refractivity contribution in [3.8, 4) is 0 Å². The summed E-state index contributed by atoms with van der Waals surface area (Å²) in [5.74, 6) is 0. The monoisotopic (exact) mass is 340 g/mol. The molecule has 1 aliphatic heterocycles. The van der Waals surface area contributed by atoms with Crippen LogP contribution in [0.3, 0.4) is 0 Å².